The molecule has 0 aliphatic carbocycles. The molecule has 7 nitrogen and oxygen atoms in total. The molecular formula is C23H25N3O4. The molecule has 0 radical (unpaired) electrons. The molecule has 0 bridgehead atoms. The van der Waals surface area contributed by atoms with Gasteiger partial charge >= 0.3 is 0 Å². The minimum absolute atomic E-state index is 0.00669. The number of nitrogens with one attached hydrogen (secondary N) is 1. The van der Waals surface area contributed by atoms with E-state index in [1.165, 1.54) is 0 Å². The smallest absolute Gasteiger partial charge is 0.231 e. The number of anilines is 2. The lowest BCUT2D eigenvalue weighted by Crippen LogP contribution is -2.48. The van der Waals surface area contributed by atoms with Crippen LogP contribution in [0.25, 0.3) is 0 Å². The van der Waals surface area contributed by atoms with Crippen LogP contribution in [0.2, 0.25) is 0 Å². The number of para-hydroxylation sites is 2. The molecule has 3 heterocycles. The van der Waals surface area contributed by atoms with Gasteiger partial charge in [-0.25, -0.2) is 0 Å². The molecule has 0 saturated carbocycles. The molecule has 1 N–H and O–H groups in total. The normalized spacial score (nSPS) is 18.7. The molecule has 5 rings (SSSR count). The number of ether oxygens (including phenoxy) is 2. The summed E-state index contributed by atoms with van der Waals surface area (Å²) in [6, 6.07) is 14.1. The molecule has 3 aliphatic rings. The largest absolute Gasteiger partial charge is 0.454 e. The first-order chi connectivity index (χ1) is 14.7. The second kappa shape index (κ2) is 7.89. The predicted molar refractivity (Wildman–Crippen MR) is 113 cm³/mol. The molecule has 7 heteroatoms. The molecule has 2 amide bonds. The first-order valence-electron chi connectivity index (χ1n) is 10.5. The van der Waals surface area contributed by atoms with Crippen LogP contribution in [0.1, 0.15) is 31.2 Å². The summed E-state index contributed by atoms with van der Waals surface area (Å²) in [5.41, 5.74) is 3.03. The van der Waals surface area contributed by atoms with Gasteiger partial charge in [-0.3, -0.25) is 9.59 Å². The van der Waals surface area contributed by atoms with E-state index in [0.717, 1.165) is 42.1 Å². The summed E-state index contributed by atoms with van der Waals surface area (Å²) in [5.74, 6) is 1.29. The summed E-state index contributed by atoms with van der Waals surface area (Å²) in [4.78, 5) is 29.6. The van der Waals surface area contributed by atoms with Crippen molar-refractivity contribution < 1.29 is 19.1 Å². The van der Waals surface area contributed by atoms with Crippen LogP contribution in [0.4, 0.5) is 11.4 Å². The van der Waals surface area contributed by atoms with Gasteiger partial charge < -0.3 is 24.6 Å². The first-order valence-corrected chi connectivity index (χ1v) is 10.5. The number of hydrogen-bond acceptors (Lipinski definition) is 5. The Hall–Kier alpha value is -3.22. The van der Waals surface area contributed by atoms with Crippen molar-refractivity contribution >= 4 is 23.2 Å². The van der Waals surface area contributed by atoms with Crippen molar-refractivity contribution in [3.05, 3.63) is 48.0 Å². The summed E-state index contributed by atoms with van der Waals surface area (Å²) >= 11 is 0. The lowest BCUT2D eigenvalue weighted by atomic mass is 10.1. The third-order valence-electron chi connectivity index (χ3n) is 6.05. The minimum Gasteiger partial charge on any atom is -0.454 e. The van der Waals surface area contributed by atoms with E-state index in [9.17, 15) is 9.59 Å². The maximum absolute atomic E-state index is 13.0. The van der Waals surface area contributed by atoms with E-state index in [1.54, 1.807) is 0 Å². The van der Waals surface area contributed by atoms with Crippen molar-refractivity contribution in [2.75, 3.05) is 29.7 Å². The third kappa shape index (κ3) is 3.56. The van der Waals surface area contributed by atoms with Crippen molar-refractivity contribution in [1.82, 2.24) is 5.32 Å². The molecule has 1 atom stereocenters. The molecule has 156 valence electrons. The number of benzene rings is 2. The van der Waals surface area contributed by atoms with E-state index in [1.807, 2.05) is 41.3 Å². The molecule has 0 aromatic heterocycles. The standard InChI is InChI=1S/C23H25N3O4/c27-22(24-13-16-7-8-20-21(12-16)30-15-29-20)9-10-23(28)26-14-17-4-3-11-25(17)18-5-1-2-6-19(18)26/h1-2,5-8,12,17H,3-4,9-11,13-15H2,(H,24,27)/t17-/m0/s1. The Morgan fingerprint density at radius 1 is 1.03 bits per heavy atom. The zero-order valence-corrected chi connectivity index (χ0v) is 16.8. The Morgan fingerprint density at radius 3 is 2.77 bits per heavy atom. The van der Waals surface area contributed by atoms with Gasteiger partial charge in [-0.1, -0.05) is 18.2 Å². The van der Waals surface area contributed by atoms with Gasteiger partial charge in [0, 0.05) is 38.5 Å². The van der Waals surface area contributed by atoms with Crippen molar-refractivity contribution in [1.29, 1.82) is 0 Å². The lowest BCUT2D eigenvalue weighted by molar-refractivity contribution is -0.125. The average molecular weight is 407 g/mol. The topological polar surface area (TPSA) is 71.1 Å². The quantitative estimate of drug-likeness (QED) is 0.825. The Morgan fingerprint density at radius 2 is 1.87 bits per heavy atom. The predicted octanol–water partition coefficient (Wildman–Crippen LogP) is 2.83. The SMILES string of the molecule is O=C(CCC(=O)N1C[C@@H]2CCCN2c2ccccc21)NCc1ccc2c(c1)OCO2. The number of amides is 2. The van der Waals surface area contributed by atoms with E-state index in [4.69, 9.17) is 9.47 Å². The van der Waals surface area contributed by atoms with Gasteiger partial charge in [-0.2, -0.15) is 0 Å². The number of hydrogen-bond donors (Lipinski definition) is 1. The van der Waals surface area contributed by atoms with E-state index in [2.05, 4.69) is 16.3 Å². The fourth-order valence-electron chi connectivity index (χ4n) is 4.52. The zero-order valence-electron chi connectivity index (χ0n) is 16.8. The molecule has 2 aromatic carbocycles. The van der Waals surface area contributed by atoms with Gasteiger partial charge in [-0.15, -0.1) is 0 Å². The van der Waals surface area contributed by atoms with Gasteiger partial charge in [0.05, 0.1) is 11.4 Å². The first kappa shape index (κ1) is 18.8. The van der Waals surface area contributed by atoms with Crippen LogP contribution in [0, 0.1) is 0 Å². The Kier molecular flexibility index (Phi) is 4.94. The summed E-state index contributed by atoms with van der Waals surface area (Å²) in [5, 5.41) is 2.89. The maximum Gasteiger partial charge on any atom is 0.231 e. The lowest BCUT2D eigenvalue weighted by Gasteiger charge is -2.40. The summed E-state index contributed by atoms with van der Waals surface area (Å²) in [6.07, 6.45) is 2.64. The molecular weight excluding hydrogens is 382 g/mol. The summed E-state index contributed by atoms with van der Waals surface area (Å²) in [7, 11) is 0. The van der Waals surface area contributed by atoms with Crippen LogP contribution in [0.5, 0.6) is 11.5 Å². The summed E-state index contributed by atoms with van der Waals surface area (Å²) in [6.45, 7) is 2.37. The van der Waals surface area contributed by atoms with Gasteiger partial charge in [-0.05, 0) is 42.7 Å². The van der Waals surface area contributed by atoms with Gasteiger partial charge in [0.1, 0.15) is 0 Å². The van der Waals surface area contributed by atoms with Crippen LogP contribution in [-0.4, -0.2) is 37.7 Å². The number of nitrogens with zero attached hydrogens (tertiary/aromatic N) is 2. The second-order valence-electron chi connectivity index (χ2n) is 7.95. The van der Waals surface area contributed by atoms with E-state index < -0.39 is 0 Å². The van der Waals surface area contributed by atoms with Crippen LogP contribution in [0.15, 0.2) is 42.5 Å². The van der Waals surface area contributed by atoms with Gasteiger partial charge in [0.25, 0.3) is 0 Å². The molecule has 30 heavy (non-hydrogen) atoms. The molecule has 1 fully saturated rings. The molecule has 3 aliphatic heterocycles. The highest BCUT2D eigenvalue weighted by molar-refractivity contribution is 5.99. The fourth-order valence-corrected chi connectivity index (χ4v) is 4.52. The average Bonchev–Trinajstić information content (AvgIpc) is 3.44. The van der Waals surface area contributed by atoms with Gasteiger partial charge in [0.15, 0.2) is 11.5 Å². The number of rotatable bonds is 5. The molecule has 1 saturated heterocycles. The Labute approximate surface area is 175 Å². The zero-order chi connectivity index (χ0) is 20.5. The summed E-state index contributed by atoms with van der Waals surface area (Å²) < 4.78 is 10.7. The number of carbonyl (C=O) groups excluding carboxylic acids is 2. The van der Waals surface area contributed by atoms with Crippen LogP contribution >= 0.6 is 0 Å². The van der Waals surface area contributed by atoms with E-state index in [0.29, 0.717) is 24.9 Å². The van der Waals surface area contributed by atoms with Crippen LogP contribution < -0.4 is 24.6 Å². The van der Waals surface area contributed by atoms with Crippen molar-refractivity contribution in [3.8, 4) is 11.5 Å². The maximum atomic E-state index is 13.0. The molecule has 0 unspecified atom stereocenters. The molecule has 2 aromatic rings. The van der Waals surface area contributed by atoms with Crippen LogP contribution in [0.3, 0.4) is 0 Å². The van der Waals surface area contributed by atoms with Crippen LogP contribution in [-0.2, 0) is 16.1 Å². The van der Waals surface area contributed by atoms with Crippen molar-refractivity contribution in [3.63, 3.8) is 0 Å². The molecule has 0 spiro atoms. The fraction of sp³-hybridized carbons (Fsp3) is 0.391. The van der Waals surface area contributed by atoms with E-state index in [-0.39, 0.29) is 31.4 Å². The number of fused-ring (bicyclic) bond motifs is 4. The number of carbonyl (C=O) groups is 2. The highest BCUT2D eigenvalue weighted by Crippen LogP contribution is 2.39. The van der Waals surface area contributed by atoms with Crippen molar-refractivity contribution in [2.45, 2.75) is 38.3 Å². The third-order valence-corrected chi connectivity index (χ3v) is 6.05. The Balaban J connectivity index is 1.17. The highest BCUT2D eigenvalue weighted by atomic mass is 16.7. The monoisotopic (exact) mass is 407 g/mol. The minimum atomic E-state index is -0.131. The second-order valence-corrected chi connectivity index (χ2v) is 7.95. The Bertz CT molecular complexity index is 977. The van der Waals surface area contributed by atoms with E-state index >= 15 is 0 Å². The highest BCUT2D eigenvalue weighted by Gasteiger charge is 2.35. The van der Waals surface area contributed by atoms with Gasteiger partial charge in [0.2, 0.25) is 18.6 Å². The van der Waals surface area contributed by atoms with Crippen molar-refractivity contribution in [2.24, 2.45) is 0 Å².